The van der Waals surface area contributed by atoms with Gasteiger partial charge in [-0.05, 0) is 17.7 Å². The summed E-state index contributed by atoms with van der Waals surface area (Å²) in [5.74, 6) is 1.01. The summed E-state index contributed by atoms with van der Waals surface area (Å²) in [7, 11) is 1.53. The Morgan fingerprint density at radius 3 is 2.53 bits per heavy atom. The lowest BCUT2D eigenvalue weighted by atomic mass is 10.1. The molecular formula is C15H17NO3. The van der Waals surface area contributed by atoms with Crippen molar-refractivity contribution in [3.05, 3.63) is 54.1 Å². The number of anilines is 1. The molecule has 2 aromatic rings. The summed E-state index contributed by atoms with van der Waals surface area (Å²) in [6, 6.07) is 14.6. The first-order valence-corrected chi connectivity index (χ1v) is 6.00. The first kappa shape index (κ1) is 13.2. The topological polar surface area (TPSA) is 64.7 Å². The second-order valence-corrected chi connectivity index (χ2v) is 4.12. The van der Waals surface area contributed by atoms with Crippen LogP contribution in [0.1, 0.15) is 11.7 Å². The van der Waals surface area contributed by atoms with Crippen molar-refractivity contribution >= 4 is 5.69 Å². The highest BCUT2D eigenvalue weighted by Gasteiger charge is 2.11. The molecule has 0 aliphatic heterocycles. The standard InChI is InChI=1S/C15H17NO3/c1-18-15-12(16)8-5-9-14(15)19-10-13(17)11-6-3-2-4-7-11/h2-9,13,17H,10,16H2,1H3. The van der Waals surface area contributed by atoms with E-state index in [0.717, 1.165) is 5.56 Å². The van der Waals surface area contributed by atoms with E-state index in [4.69, 9.17) is 15.2 Å². The molecule has 2 aromatic carbocycles. The van der Waals surface area contributed by atoms with Crippen LogP contribution in [0.15, 0.2) is 48.5 Å². The molecule has 0 bridgehead atoms. The SMILES string of the molecule is COc1c(N)cccc1OCC(O)c1ccccc1. The number of hydrogen-bond donors (Lipinski definition) is 2. The Labute approximate surface area is 112 Å². The summed E-state index contributed by atoms with van der Waals surface area (Å²) in [4.78, 5) is 0. The Balaban J connectivity index is 2.05. The lowest BCUT2D eigenvalue weighted by Gasteiger charge is -2.15. The van der Waals surface area contributed by atoms with Crippen LogP contribution in [0.4, 0.5) is 5.69 Å². The number of rotatable bonds is 5. The molecule has 1 unspecified atom stereocenters. The molecule has 3 N–H and O–H groups in total. The number of aliphatic hydroxyl groups is 1. The van der Waals surface area contributed by atoms with Crippen molar-refractivity contribution < 1.29 is 14.6 Å². The van der Waals surface area contributed by atoms with Gasteiger partial charge in [-0.3, -0.25) is 0 Å². The summed E-state index contributed by atoms with van der Waals surface area (Å²) in [6.45, 7) is 0.143. The van der Waals surface area contributed by atoms with E-state index in [-0.39, 0.29) is 6.61 Å². The van der Waals surface area contributed by atoms with Crippen molar-refractivity contribution in [2.24, 2.45) is 0 Å². The minimum atomic E-state index is -0.688. The van der Waals surface area contributed by atoms with Gasteiger partial charge in [-0.25, -0.2) is 0 Å². The van der Waals surface area contributed by atoms with Gasteiger partial charge in [-0.1, -0.05) is 36.4 Å². The average Bonchev–Trinajstić information content (AvgIpc) is 2.45. The van der Waals surface area contributed by atoms with Gasteiger partial charge in [0.2, 0.25) is 0 Å². The van der Waals surface area contributed by atoms with Gasteiger partial charge in [-0.15, -0.1) is 0 Å². The fourth-order valence-corrected chi connectivity index (χ4v) is 1.81. The van der Waals surface area contributed by atoms with Crippen LogP contribution in [0.5, 0.6) is 11.5 Å². The van der Waals surface area contributed by atoms with E-state index in [2.05, 4.69) is 0 Å². The van der Waals surface area contributed by atoms with E-state index >= 15 is 0 Å². The molecule has 0 saturated carbocycles. The van der Waals surface area contributed by atoms with E-state index in [1.54, 1.807) is 18.2 Å². The van der Waals surface area contributed by atoms with E-state index in [0.29, 0.717) is 17.2 Å². The molecule has 0 radical (unpaired) electrons. The molecule has 0 aliphatic rings. The third-order valence-corrected chi connectivity index (χ3v) is 2.79. The van der Waals surface area contributed by atoms with Crippen LogP contribution in [0.2, 0.25) is 0 Å². The number of hydrogen-bond acceptors (Lipinski definition) is 4. The van der Waals surface area contributed by atoms with Gasteiger partial charge < -0.3 is 20.3 Å². The van der Waals surface area contributed by atoms with Crippen LogP contribution in [-0.2, 0) is 0 Å². The summed E-state index contributed by atoms with van der Waals surface area (Å²) in [5, 5.41) is 10.0. The van der Waals surface area contributed by atoms with Crippen LogP contribution < -0.4 is 15.2 Å². The van der Waals surface area contributed by atoms with Crippen molar-refractivity contribution in [2.45, 2.75) is 6.10 Å². The molecule has 4 heteroatoms. The van der Waals surface area contributed by atoms with Gasteiger partial charge in [0.15, 0.2) is 11.5 Å². The maximum Gasteiger partial charge on any atom is 0.183 e. The molecule has 2 rings (SSSR count). The van der Waals surface area contributed by atoms with E-state index in [1.807, 2.05) is 30.3 Å². The molecule has 1 atom stereocenters. The molecule has 0 saturated heterocycles. The van der Waals surface area contributed by atoms with Crippen molar-refractivity contribution in [3.8, 4) is 11.5 Å². The molecule has 0 amide bonds. The van der Waals surface area contributed by atoms with Crippen LogP contribution >= 0.6 is 0 Å². The predicted octanol–water partition coefficient (Wildman–Crippen LogP) is 2.39. The Morgan fingerprint density at radius 1 is 1.11 bits per heavy atom. The Morgan fingerprint density at radius 2 is 1.84 bits per heavy atom. The number of benzene rings is 2. The van der Waals surface area contributed by atoms with Crippen molar-refractivity contribution in [3.63, 3.8) is 0 Å². The molecule has 0 aliphatic carbocycles. The largest absolute Gasteiger partial charge is 0.491 e. The molecule has 100 valence electrons. The molecular weight excluding hydrogens is 242 g/mol. The number of nitrogens with two attached hydrogens (primary N) is 1. The molecule has 0 fully saturated rings. The lowest BCUT2D eigenvalue weighted by molar-refractivity contribution is 0.106. The van der Waals surface area contributed by atoms with E-state index < -0.39 is 6.10 Å². The van der Waals surface area contributed by atoms with Gasteiger partial charge in [0, 0.05) is 0 Å². The normalized spacial score (nSPS) is 11.9. The Hall–Kier alpha value is -2.20. The lowest BCUT2D eigenvalue weighted by Crippen LogP contribution is -2.10. The van der Waals surface area contributed by atoms with Gasteiger partial charge in [0.1, 0.15) is 12.7 Å². The van der Waals surface area contributed by atoms with Crippen LogP contribution in [0, 0.1) is 0 Å². The molecule has 4 nitrogen and oxygen atoms in total. The first-order valence-electron chi connectivity index (χ1n) is 6.00. The number of aliphatic hydroxyl groups excluding tert-OH is 1. The maximum atomic E-state index is 10.0. The van der Waals surface area contributed by atoms with E-state index in [1.165, 1.54) is 7.11 Å². The highest BCUT2D eigenvalue weighted by atomic mass is 16.5. The summed E-state index contributed by atoms with van der Waals surface area (Å²) >= 11 is 0. The Bertz CT molecular complexity index is 528. The minimum Gasteiger partial charge on any atom is -0.491 e. The third-order valence-electron chi connectivity index (χ3n) is 2.79. The fraction of sp³-hybridized carbons (Fsp3) is 0.200. The quantitative estimate of drug-likeness (QED) is 0.809. The Kier molecular flexibility index (Phi) is 4.26. The van der Waals surface area contributed by atoms with Crippen LogP contribution in [0.3, 0.4) is 0 Å². The summed E-state index contributed by atoms with van der Waals surface area (Å²) in [5.41, 5.74) is 7.10. The van der Waals surface area contributed by atoms with Crippen molar-refractivity contribution in [1.29, 1.82) is 0 Å². The monoisotopic (exact) mass is 259 g/mol. The van der Waals surface area contributed by atoms with E-state index in [9.17, 15) is 5.11 Å². The van der Waals surface area contributed by atoms with Gasteiger partial charge in [-0.2, -0.15) is 0 Å². The highest BCUT2D eigenvalue weighted by molar-refractivity contribution is 5.60. The maximum absolute atomic E-state index is 10.0. The number of ether oxygens (including phenoxy) is 2. The zero-order chi connectivity index (χ0) is 13.7. The second-order valence-electron chi connectivity index (χ2n) is 4.12. The molecule has 19 heavy (non-hydrogen) atoms. The van der Waals surface area contributed by atoms with Crippen molar-refractivity contribution in [2.75, 3.05) is 19.5 Å². The van der Waals surface area contributed by atoms with Crippen molar-refractivity contribution in [1.82, 2.24) is 0 Å². The molecule has 0 spiro atoms. The van der Waals surface area contributed by atoms with Crippen LogP contribution in [0.25, 0.3) is 0 Å². The highest BCUT2D eigenvalue weighted by Crippen LogP contribution is 2.33. The summed E-state index contributed by atoms with van der Waals surface area (Å²) in [6.07, 6.45) is -0.688. The molecule has 0 aromatic heterocycles. The first-order chi connectivity index (χ1) is 9.22. The van der Waals surface area contributed by atoms with Gasteiger partial charge in [0.05, 0.1) is 12.8 Å². The fourth-order valence-electron chi connectivity index (χ4n) is 1.81. The summed E-state index contributed by atoms with van der Waals surface area (Å²) < 4.78 is 10.8. The second kappa shape index (κ2) is 6.11. The minimum absolute atomic E-state index is 0.143. The number of nitrogen functional groups attached to an aromatic ring is 1. The van der Waals surface area contributed by atoms with Gasteiger partial charge in [0.25, 0.3) is 0 Å². The smallest absolute Gasteiger partial charge is 0.183 e. The number of para-hydroxylation sites is 1. The zero-order valence-corrected chi connectivity index (χ0v) is 10.7. The van der Waals surface area contributed by atoms with Crippen LogP contribution in [-0.4, -0.2) is 18.8 Å². The predicted molar refractivity (Wildman–Crippen MR) is 74.3 cm³/mol. The zero-order valence-electron chi connectivity index (χ0n) is 10.7. The van der Waals surface area contributed by atoms with Gasteiger partial charge >= 0.3 is 0 Å². The molecule has 0 heterocycles. The average molecular weight is 259 g/mol. The number of methoxy groups -OCH3 is 1. The third kappa shape index (κ3) is 3.17.